The molecule has 0 aliphatic carbocycles. The Hall–Kier alpha value is -3.14. The van der Waals surface area contributed by atoms with Gasteiger partial charge in [0.15, 0.2) is 0 Å². The van der Waals surface area contributed by atoms with Crippen molar-refractivity contribution in [3.05, 3.63) is 35.0 Å². The highest BCUT2D eigenvalue weighted by molar-refractivity contribution is 6.35. The van der Waals surface area contributed by atoms with Crippen LogP contribution in [-0.2, 0) is 9.59 Å². The van der Waals surface area contributed by atoms with Crippen LogP contribution in [0.25, 0.3) is 10.9 Å². The molecule has 2 amide bonds. The number of amides is 2. The monoisotopic (exact) mass is 391 g/mol. The molecule has 0 N–H and O–H groups in total. The molecule has 1 aromatic heterocycles. The van der Waals surface area contributed by atoms with Crippen molar-refractivity contribution in [3.8, 4) is 6.07 Å². The van der Waals surface area contributed by atoms with Crippen LogP contribution in [0.3, 0.4) is 0 Å². The summed E-state index contributed by atoms with van der Waals surface area (Å²) < 4.78 is 0. The number of likely N-dealkylation sites (tertiary alicyclic amines) is 1. The number of benzene rings is 1. The highest BCUT2D eigenvalue weighted by Crippen LogP contribution is 2.32. The first-order valence-corrected chi connectivity index (χ1v) is 10.1. The lowest BCUT2D eigenvalue weighted by Gasteiger charge is -2.37. The standard InChI is InChI=1S/C22H25N5O2/c1-15-11-16(2)19-18(12-15)20(17(13-23)14-24-19)25-7-9-27(10-8-25)22(29)21(28)26-5-3-4-6-26/h11-12,14H,3-10H2,1-2H3. The van der Waals surface area contributed by atoms with E-state index < -0.39 is 5.91 Å². The van der Waals surface area contributed by atoms with Crippen LogP contribution in [0.5, 0.6) is 0 Å². The number of aryl methyl sites for hydroxylation is 2. The molecule has 29 heavy (non-hydrogen) atoms. The summed E-state index contributed by atoms with van der Waals surface area (Å²) in [5.41, 5.74) is 4.51. The molecule has 2 aromatic rings. The third-order valence-electron chi connectivity index (χ3n) is 5.86. The third kappa shape index (κ3) is 3.51. The highest BCUT2D eigenvalue weighted by atomic mass is 16.2. The molecule has 1 aromatic carbocycles. The van der Waals surface area contributed by atoms with Crippen molar-refractivity contribution in [1.82, 2.24) is 14.8 Å². The number of anilines is 1. The van der Waals surface area contributed by atoms with E-state index in [4.69, 9.17) is 0 Å². The van der Waals surface area contributed by atoms with Crippen LogP contribution >= 0.6 is 0 Å². The Morgan fingerprint density at radius 3 is 2.21 bits per heavy atom. The lowest BCUT2D eigenvalue weighted by atomic mass is 10.0. The van der Waals surface area contributed by atoms with Crippen molar-refractivity contribution in [3.63, 3.8) is 0 Å². The molecule has 7 nitrogen and oxygen atoms in total. The van der Waals surface area contributed by atoms with E-state index in [9.17, 15) is 14.9 Å². The van der Waals surface area contributed by atoms with E-state index in [2.05, 4.69) is 28.1 Å². The minimum absolute atomic E-state index is 0.380. The third-order valence-corrected chi connectivity index (χ3v) is 5.86. The first-order chi connectivity index (χ1) is 14.0. The lowest BCUT2D eigenvalue weighted by molar-refractivity contribution is -0.151. The minimum atomic E-state index is -0.404. The van der Waals surface area contributed by atoms with Crippen molar-refractivity contribution in [2.75, 3.05) is 44.2 Å². The van der Waals surface area contributed by atoms with Gasteiger partial charge >= 0.3 is 11.8 Å². The van der Waals surface area contributed by atoms with Crippen LogP contribution in [0.4, 0.5) is 5.69 Å². The van der Waals surface area contributed by atoms with Gasteiger partial charge in [-0.15, -0.1) is 0 Å². The minimum Gasteiger partial charge on any atom is -0.366 e. The Morgan fingerprint density at radius 1 is 0.966 bits per heavy atom. The van der Waals surface area contributed by atoms with Crippen molar-refractivity contribution >= 4 is 28.4 Å². The Balaban J connectivity index is 1.57. The predicted molar refractivity (Wildman–Crippen MR) is 111 cm³/mol. The number of carbonyl (C=O) groups is 2. The van der Waals surface area contributed by atoms with Crippen molar-refractivity contribution in [1.29, 1.82) is 5.26 Å². The molecule has 150 valence electrons. The van der Waals surface area contributed by atoms with Crippen LogP contribution < -0.4 is 4.90 Å². The van der Waals surface area contributed by atoms with Crippen LogP contribution in [0, 0.1) is 25.2 Å². The number of pyridine rings is 1. The second-order valence-electron chi connectivity index (χ2n) is 7.89. The van der Waals surface area contributed by atoms with Crippen LogP contribution in [0.2, 0.25) is 0 Å². The van der Waals surface area contributed by atoms with Crippen LogP contribution in [0.1, 0.15) is 29.5 Å². The van der Waals surface area contributed by atoms with Gasteiger partial charge in [0.1, 0.15) is 6.07 Å². The summed E-state index contributed by atoms with van der Waals surface area (Å²) in [4.78, 5) is 35.0. The summed E-state index contributed by atoms with van der Waals surface area (Å²) in [7, 11) is 0. The molecule has 0 radical (unpaired) electrons. The van der Waals surface area contributed by atoms with Crippen LogP contribution in [-0.4, -0.2) is 65.9 Å². The molecule has 0 unspecified atom stereocenters. The molecule has 0 bridgehead atoms. The summed E-state index contributed by atoms with van der Waals surface area (Å²) in [6.07, 6.45) is 3.57. The summed E-state index contributed by atoms with van der Waals surface area (Å²) in [5, 5.41) is 10.6. The summed E-state index contributed by atoms with van der Waals surface area (Å²) >= 11 is 0. The fourth-order valence-electron chi connectivity index (χ4n) is 4.39. The second kappa shape index (κ2) is 7.70. The van der Waals surface area contributed by atoms with Gasteiger partial charge in [0.2, 0.25) is 0 Å². The molecule has 2 aliphatic rings. The molecule has 2 fully saturated rings. The number of nitrogens with zero attached hydrogens (tertiary/aromatic N) is 5. The first-order valence-electron chi connectivity index (χ1n) is 10.1. The smallest absolute Gasteiger partial charge is 0.312 e. The first kappa shape index (κ1) is 19.2. The zero-order chi connectivity index (χ0) is 20.5. The second-order valence-corrected chi connectivity index (χ2v) is 7.89. The van der Waals surface area contributed by atoms with Gasteiger partial charge in [-0.05, 0) is 38.3 Å². The summed E-state index contributed by atoms with van der Waals surface area (Å²) in [5.74, 6) is -0.785. The SMILES string of the molecule is Cc1cc(C)c2ncc(C#N)c(N3CCN(C(=O)C(=O)N4CCCC4)CC3)c2c1. The summed E-state index contributed by atoms with van der Waals surface area (Å²) in [6.45, 7) is 7.53. The predicted octanol–water partition coefficient (Wildman–Crippen LogP) is 1.99. The van der Waals surface area contributed by atoms with E-state index in [1.807, 2.05) is 13.8 Å². The van der Waals surface area contributed by atoms with E-state index in [0.717, 1.165) is 40.6 Å². The van der Waals surface area contributed by atoms with E-state index in [0.29, 0.717) is 44.8 Å². The molecule has 0 spiro atoms. The van der Waals surface area contributed by atoms with Gasteiger partial charge < -0.3 is 14.7 Å². The largest absolute Gasteiger partial charge is 0.366 e. The van der Waals surface area contributed by atoms with Crippen molar-refractivity contribution < 1.29 is 9.59 Å². The molecule has 3 heterocycles. The fraction of sp³-hybridized carbons (Fsp3) is 0.455. The van der Waals surface area contributed by atoms with Crippen molar-refractivity contribution in [2.24, 2.45) is 0 Å². The number of hydrogen-bond acceptors (Lipinski definition) is 5. The van der Waals surface area contributed by atoms with Gasteiger partial charge in [0.25, 0.3) is 0 Å². The van der Waals surface area contributed by atoms with Gasteiger partial charge in [-0.25, -0.2) is 0 Å². The van der Waals surface area contributed by atoms with E-state index in [1.54, 1.807) is 16.0 Å². The number of carbonyl (C=O) groups excluding carboxylic acids is 2. The maximum atomic E-state index is 12.6. The fourth-order valence-corrected chi connectivity index (χ4v) is 4.39. The quantitative estimate of drug-likeness (QED) is 0.695. The average molecular weight is 391 g/mol. The van der Waals surface area contributed by atoms with Crippen LogP contribution in [0.15, 0.2) is 18.3 Å². The topological polar surface area (TPSA) is 80.5 Å². The number of nitriles is 1. The molecule has 0 saturated carbocycles. The molecule has 2 aliphatic heterocycles. The van der Waals surface area contributed by atoms with Gasteiger partial charge in [0.05, 0.1) is 16.8 Å². The Morgan fingerprint density at radius 2 is 1.59 bits per heavy atom. The molecule has 0 atom stereocenters. The zero-order valence-electron chi connectivity index (χ0n) is 16.9. The molecular formula is C22H25N5O2. The number of hydrogen-bond donors (Lipinski definition) is 0. The molecule has 2 saturated heterocycles. The number of rotatable bonds is 1. The normalized spacial score (nSPS) is 16.9. The van der Waals surface area contributed by atoms with E-state index in [1.165, 1.54) is 0 Å². The van der Waals surface area contributed by atoms with Gasteiger partial charge in [-0.3, -0.25) is 14.6 Å². The van der Waals surface area contributed by atoms with E-state index >= 15 is 0 Å². The maximum Gasteiger partial charge on any atom is 0.312 e. The number of aromatic nitrogens is 1. The molecular weight excluding hydrogens is 366 g/mol. The number of fused-ring (bicyclic) bond motifs is 1. The molecule has 7 heteroatoms. The van der Waals surface area contributed by atoms with Crippen molar-refractivity contribution in [2.45, 2.75) is 26.7 Å². The summed E-state index contributed by atoms with van der Waals surface area (Å²) in [6, 6.07) is 6.43. The van der Waals surface area contributed by atoms with E-state index in [-0.39, 0.29) is 5.91 Å². The number of piperazine rings is 1. The Bertz CT molecular complexity index is 1010. The van der Waals surface area contributed by atoms with Gasteiger partial charge in [-0.1, -0.05) is 11.6 Å². The lowest BCUT2D eigenvalue weighted by Crippen LogP contribution is -2.53. The highest BCUT2D eigenvalue weighted by Gasteiger charge is 2.31. The maximum absolute atomic E-state index is 12.6. The van der Waals surface area contributed by atoms with Gasteiger partial charge in [0, 0.05) is 50.9 Å². The zero-order valence-corrected chi connectivity index (χ0v) is 16.9. The molecule has 4 rings (SSSR count). The Labute approximate surface area is 170 Å². The average Bonchev–Trinajstić information content (AvgIpc) is 3.26. The Kier molecular flexibility index (Phi) is 5.10. The van der Waals surface area contributed by atoms with Gasteiger partial charge in [-0.2, -0.15) is 5.26 Å².